The zero-order valence-corrected chi connectivity index (χ0v) is 34.9. The third-order valence-corrected chi connectivity index (χ3v) is 15.6. The number of hydrogen-bond donors (Lipinski definition) is 2. The van der Waals surface area contributed by atoms with Crippen LogP contribution in [0.1, 0.15) is 73.1 Å². The lowest BCUT2D eigenvalue weighted by Gasteiger charge is -2.48. The van der Waals surface area contributed by atoms with E-state index in [1.165, 1.54) is 16.8 Å². The van der Waals surface area contributed by atoms with Crippen molar-refractivity contribution >= 4 is 50.8 Å². The highest BCUT2D eigenvalue weighted by Gasteiger charge is 2.49. The van der Waals surface area contributed by atoms with E-state index < -0.39 is 26.8 Å². The number of amides is 1. The lowest BCUT2D eigenvalue weighted by atomic mass is 9.64. The van der Waals surface area contributed by atoms with Gasteiger partial charge in [0.05, 0.1) is 28.7 Å². The van der Waals surface area contributed by atoms with E-state index in [2.05, 4.69) is 42.3 Å². The number of allylic oxidation sites excluding steroid dienone is 1. The Morgan fingerprint density at radius 1 is 1.14 bits per heavy atom. The third-order valence-electron chi connectivity index (χ3n) is 12.8. The number of anilines is 1. The highest BCUT2D eigenvalue weighted by atomic mass is 35.5. The van der Waals surface area contributed by atoms with Crippen LogP contribution in [0.2, 0.25) is 5.02 Å². The lowest BCUT2D eigenvalue weighted by Crippen LogP contribution is -2.53. The minimum Gasteiger partial charge on any atom is -0.490 e. The summed E-state index contributed by atoms with van der Waals surface area (Å²) < 4.78 is 41.3. The first kappa shape index (κ1) is 40.9. The SMILES string of the molecule is CO[C@]1(C=O)/C=C/C[C@H](C)[C@@H](C)S(=O)(=O)NC(=O)c2ccc3c(c2)N(C[C@@H]2CC[C@H]21)C[C@@]1(CCCc2cc(Cl)ccc21)CO3.c1nc(CN2CCNCC2)cs1. The number of fused-ring (bicyclic) bond motifs is 4. The van der Waals surface area contributed by atoms with Crippen molar-refractivity contribution in [3.05, 3.63) is 86.8 Å². The second kappa shape index (κ2) is 17.3. The van der Waals surface area contributed by atoms with Crippen molar-refractivity contribution in [2.24, 2.45) is 17.8 Å². The summed E-state index contributed by atoms with van der Waals surface area (Å²) in [6, 6.07) is 11.3. The zero-order chi connectivity index (χ0) is 39.5. The molecule has 2 aliphatic carbocycles. The van der Waals surface area contributed by atoms with Crippen LogP contribution in [0.15, 0.2) is 59.4 Å². The molecule has 6 atom stereocenters. The maximum absolute atomic E-state index is 13.4. The summed E-state index contributed by atoms with van der Waals surface area (Å²) in [7, 11) is -2.41. The first-order valence-electron chi connectivity index (χ1n) is 19.8. The van der Waals surface area contributed by atoms with E-state index in [4.69, 9.17) is 21.1 Å². The number of carbonyl (C=O) groups is 2. The number of aromatic nitrogens is 1. The summed E-state index contributed by atoms with van der Waals surface area (Å²) in [4.78, 5) is 35.1. The minimum absolute atomic E-state index is 0.0434. The maximum atomic E-state index is 13.4. The number of methoxy groups -OCH3 is 1. The molecule has 56 heavy (non-hydrogen) atoms. The fraction of sp³-hybridized carbons (Fsp3) is 0.548. The molecule has 0 radical (unpaired) electrons. The topological polar surface area (TPSA) is 130 Å². The van der Waals surface area contributed by atoms with Gasteiger partial charge in [0.25, 0.3) is 5.91 Å². The first-order chi connectivity index (χ1) is 27.0. The van der Waals surface area contributed by atoms with Crippen LogP contribution < -0.4 is 19.7 Å². The number of hydrogen-bond acceptors (Lipinski definition) is 11. The predicted octanol–water partition coefficient (Wildman–Crippen LogP) is 6.02. The van der Waals surface area contributed by atoms with Gasteiger partial charge in [-0.1, -0.05) is 30.7 Å². The number of halogens is 1. The smallest absolute Gasteiger partial charge is 0.264 e. The van der Waals surface area contributed by atoms with Gasteiger partial charge in [0.15, 0.2) is 6.29 Å². The summed E-state index contributed by atoms with van der Waals surface area (Å²) in [5, 5.41) is 5.34. The van der Waals surface area contributed by atoms with Gasteiger partial charge in [-0.2, -0.15) is 0 Å². The number of thiazole rings is 1. The van der Waals surface area contributed by atoms with Gasteiger partial charge in [-0.05, 0) is 105 Å². The maximum Gasteiger partial charge on any atom is 0.264 e. The number of aryl methyl sites for hydroxylation is 1. The number of carbonyl (C=O) groups excluding carboxylic acids is 2. The molecule has 1 spiro atoms. The van der Waals surface area contributed by atoms with Crippen LogP contribution in [0, 0.1) is 17.8 Å². The van der Waals surface area contributed by atoms with E-state index >= 15 is 0 Å². The Morgan fingerprint density at radius 3 is 2.68 bits per heavy atom. The molecule has 1 saturated heterocycles. The Kier molecular flexibility index (Phi) is 12.6. The van der Waals surface area contributed by atoms with Gasteiger partial charge in [-0.3, -0.25) is 14.5 Å². The molecular formula is C42H54ClN5O6S2. The average molecular weight is 825 g/mol. The normalized spacial score (nSPS) is 30.9. The molecule has 11 nitrogen and oxygen atoms in total. The highest BCUT2D eigenvalue weighted by Crippen LogP contribution is 2.48. The van der Waals surface area contributed by atoms with Crippen LogP contribution in [0.25, 0.3) is 0 Å². The average Bonchev–Trinajstić information content (AvgIpc) is 3.65. The van der Waals surface area contributed by atoms with Gasteiger partial charge in [0, 0.05) is 80.2 Å². The quantitative estimate of drug-likeness (QED) is 0.238. The highest BCUT2D eigenvalue weighted by molar-refractivity contribution is 7.90. The lowest BCUT2D eigenvalue weighted by molar-refractivity contribution is -0.135. The van der Waals surface area contributed by atoms with Gasteiger partial charge in [0.2, 0.25) is 10.0 Å². The van der Waals surface area contributed by atoms with Crippen molar-refractivity contribution in [1.29, 1.82) is 0 Å². The number of piperazine rings is 1. The molecule has 1 saturated carbocycles. The fourth-order valence-electron chi connectivity index (χ4n) is 9.10. The van der Waals surface area contributed by atoms with Gasteiger partial charge in [0.1, 0.15) is 11.4 Å². The molecule has 4 heterocycles. The molecule has 1 aromatic heterocycles. The number of ether oxygens (including phenoxy) is 2. The zero-order valence-electron chi connectivity index (χ0n) is 32.5. The van der Waals surface area contributed by atoms with Crippen LogP contribution in [-0.2, 0) is 37.9 Å². The van der Waals surface area contributed by atoms with E-state index in [-0.39, 0.29) is 28.7 Å². The van der Waals surface area contributed by atoms with Crippen LogP contribution in [0.5, 0.6) is 5.75 Å². The van der Waals surface area contributed by atoms with E-state index in [1.807, 2.05) is 30.7 Å². The number of nitrogens with zero attached hydrogens (tertiary/aromatic N) is 3. The van der Waals surface area contributed by atoms with Crippen LogP contribution >= 0.6 is 22.9 Å². The fourth-order valence-corrected chi connectivity index (χ4v) is 11.1. The van der Waals surface area contributed by atoms with E-state index in [0.29, 0.717) is 36.9 Å². The Bertz CT molecular complexity index is 2010. The Morgan fingerprint density at radius 2 is 1.96 bits per heavy atom. The number of aldehydes is 1. The monoisotopic (exact) mass is 823 g/mol. The molecule has 2 aromatic carbocycles. The number of rotatable bonds is 4. The number of benzene rings is 2. The summed E-state index contributed by atoms with van der Waals surface area (Å²) in [5.74, 6) is -0.203. The Balaban J connectivity index is 0.000000339. The summed E-state index contributed by atoms with van der Waals surface area (Å²) >= 11 is 8.08. The van der Waals surface area contributed by atoms with Gasteiger partial charge in [-0.15, -0.1) is 11.3 Å². The summed E-state index contributed by atoms with van der Waals surface area (Å²) in [6.45, 7) is 10.7. The molecule has 3 aromatic rings. The summed E-state index contributed by atoms with van der Waals surface area (Å²) in [6.07, 6.45) is 9.65. The minimum atomic E-state index is -3.97. The van der Waals surface area contributed by atoms with Crippen LogP contribution in [0.4, 0.5) is 5.69 Å². The molecule has 5 aliphatic rings. The van der Waals surface area contributed by atoms with Crippen LogP contribution in [-0.4, -0.2) is 94.3 Å². The standard InChI is InChI=1S/C34H41ClN2O6S.C8H13N3S/c1-22-6-4-15-34(20-38,42-3)29-11-8-26(29)18-37-19-33(14-5-7-24-16-27(35)10-12-28(24)33)21-43-31-13-9-25(17-30(31)37)32(39)36-44(40,41)23(22)2;1-3-11(4-2-9-1)5-8-6-12-7-10-8/h4,9-10,12-13,15-17,20,22-23,26,29H,5-8,11,14,18-19,21H2,1-3H3,(H,36,39);6-7,9H,1-5H2/b15-4+;/t22-,23+,26-,29+,33-,34-;/m0./s1. The van der Waals surface area contributed by atoms with E-state index in [9.17, 15) is 18.0 Å². The second-order valence-corrected chi connectivity index (χ2v) is 19.4. The van der Waals surface area contributed by atoms with Crippen molar-refractivity contribution in [1.82, 2.24) is 19.9 Å². The molecular weight excluding hydrogens is 770 g/mol. The molecule has 8 rings (SSSR count). The molecule has 302 valence electrons. The van der Waals surface area contributed by atoms with Crippen molar-refractivity contribution in [2.75, 3.05) is 57.9 Å². The first-order valence-corrected chi connectivity index (χ1v) is 22.7. The van der Waals surface area contributed by atoms with Crippen molar-refractivity contribution < 1.29 is 27.5 Å². The molecule has 0 unspecified atom stereocenters. The number of sulfonamides is 1. The van der Waals surface area contributed by atoms with Gasteiger partial charge in [-0.25, -0.2) is 18.1 Å². The Hall–Kier alpha value is -3.33. The van der Waals surface area contributed by atoms with E-state index in [1.54, 1.807) is 43.6 Å². The number of nitrogens with one attached hydrogen (secondary N) is 2. The molecule has 3 aliphatic heterocycles. The Labute approximate surface area is 340 Å². The largest absolute Gasteiger partial charge is 0.490 e. The molecule has 14 heteroatoms. The van der Waals surface area contributed by atoms with Crippen molar-refractivity contribution in [3.8, 4) is 5.75 Å². The van der Waals surface area contributed by atoms with E-state index in [0.717, 1.165) is 76.8 Å². The third kappa shape index (κ3) is 8.59. The van der Waals surface area contributed by atoms with Gasteiger partial charge < -0.3 is 19.7 Å². The molecule has 2 fully saturated rings. The van der Waals surface area contributed by atoms with Crippen molar-refractivity contribution in [2.45, 2.75) is 75.2 Å². The van der Waals surface area contributed by atoms with Crippen LogP contribution in [0.3, 0.4) is 0 Å². The van der Waals surface area contributed by atoms with Crippen molar-refractivity contribution in [3.63, 3.8) is 0 Å². The molecule has 1 amide bonds. The molecule has 2 bridgehead atoms. The summed E-state index contributed by atoms with van der Waals surface area (Å²) in [5.41, 5.74) is 5.16. The second-order valence-electron chi connectivity index (χ2n) is 16.2. The molecule has 2 N–H and O–H groups in total. The predicted molar refractivity (Wildman–Crippen MR) is 221 cm³/mol. The van der Waals surface area contributed by atoms with Gasteiger partial charge >= 0.3 is 0 Å².